The first-order chi connectivity index (χ1) is 13.3. The van der Waals surface area contributed by atoms with E-state index in [4.69, 9.17) is 0 Å². The summed E-state index contributed by atoms with van der Waals surface area (Å²) in [5.41, 5.74) is 0.267. The third-order valence-corrected chi connectivity index (χ3v) is 4.24. The molecule has 9 heteroatoms. The van der Waals surface area contributed by atoms with E-state index >= 15 is 0 Å². The van der Waals surface area contributed by atoms with E-state index in [0.29, 0.717) is 10.7 Å². The summed E-state index contributed by atoms with van der Waals surface area (Å²) in [6.07, 6.45) is -2.19. The van der Waals surface area contributed by atoms with Gasteiger partial charge < -0.3 is 9.88 Å². The first kappa shape index (κ1) is 19.7. The molecule has 0 radical (unpaired) electrons. The van der Waals surface area contributed by atoms with Crippen LogP contribution in [0, 0.1) is 0 Å². The molecule has 148 valence electrons. The van der Waals surface area contributed by atoms with E-state index < -0.39 is 42.7 Å². The second-order valence-electron chi connectivity index (χ2n) is 6.22. The Morgan fingerprint density at radius 1 is 1.07 bits per heavy atom. The van der Waals surface area contributed by atoms with Gasteiger partial charge >= 0.3 is 0 Å². The van der Waals surface area contributed by atoms with E-state index in [1.807, 2.05) is 53.4 Å². The second-order valence-corrected chi connectivity index (χ2v) is 6.22. The third kappa shape index (κ3) is 4.41. The number of carbonyl (C=O) groups is 1. The van der Waals surface area contributed by atoms with E-state index in [0.717, 1.165) is 11.3 Å². The Morgan fingerprint density at radius 3 is 2.29 bits per heavy atom. The first-order valence-corrected chi connectivity index (χ1v) is 8.51. The Bertz CT molecular complexity index is 920. The van der Waals surface area contributed by atoms with Crippen LogP contribution in [0.4, 0.5) is 17.6 Å². The van der Waals surface area contributed by atoms with Crippen LogP contribution in [-0.2, 0) is 11.3 Å². The van der Waals surface area contributed by atoms with Gasteiger partial charge in [-0.2, -0.15) is 5.10 Å². The molecule has 0 fully saturated rings. The summed E-state index contributed by atoms with van der Waals surface area (Å²) in [4.78, 5) is 12.2. The zero-order valence-corrected chi connectivity index (χ0v) is 14.9. The summed E-state index contributed by atoms with van der Waals surface area (Å²) in [6.45, 7) is 1.17. The number of hydrogen-bond donors (Lipinski definition) is 1. The molecule has 0 saturated carbocycles. The van der Waals surface area contributed by atoms with E-state index in [-0.39, 0.29) is 0 Å². The number of aromatic nitrogens is 3. The molecule has 2 heterocycles. The van der Waals surface area contributed by atoms with E-state index in [1.165, 1.54) is 0 Å². The van der Waals surface area contributed by atoms with Crippen LogP contribution in [0.1, 0.15) is 42.8 Å². The van der Waals surface area contributed by atoms with Gasteiger partial charge in [0.15, 0.2) is 0 Å². The van der Waals surface area contributed by atoms with Crippen molar-refractivity contribution >= 4 is 5.91 Å². The Hall–Kier alpha value is -3.10. The Morgan fingerprint density at radius 2 is 1.71 bits per heavy atom. The molecule has 3 aromatic rings. The van der Waals surface area contributed by atoms with E-state index in [2.05, 4.69) is 10.4 Å². The Balaban J connectivity index is 1.66. The van der Waals surface area contributed by atoms with Crippen LogP contribution >= 0.6 is 0 Å². The van der Waals surface area contributed by atoms with Gasteiger partial charge in [0.1, 0.15) is 17.9 Å². The van der Waals surface area contributed by atoms with Gasteiger partial charge in [-0.05, 0) is 42.8 Å². The molecule has 0 bridgehead atoms. The molecule has 0 aliphatic heterocycles. The van der Waals surface area contributed by atoms with Crippen molar-refractivity contribution in [3.63, 3.8) is 0 Å². The molecule has 0 aliphatic carbocycles. The number of nitrogens with zero attached hydrogens (tertiary/aromatic N) is 3. The average Bonchev–Trinajstić information content (AvgIpc) is 3.31. The number of amides is 1. The van der Waals surface area contributed by atoms with Crippen molar-refractivity contribution < 1.29 is 22.4 Å². The minimum absolute atomic E-state index is 0.397. The average molecular weight is 394 g/mol. The molecule has 2 aromatic heterocycles. The molecule has 0 spiro atoms. The van der Waals surface area contributed by atoms with Gasteiger partial charge in [0, 0.05) is 18.1 Å². The van der Waals surface area contributed by atoms with Crippen LogP contribution in [0.25, 0.3) is 5.69 Å². The smallest absolute Gasteiger partial charge is 0.282 e. The highest BCUT2D eigenvalue weighted by Gasteiger charge is 2.22. The van der Waals surface area contributed by atoms with E-state index in [1.54, 1.807) is 6.92 Å². The lowest BCUT2D eigenvalue weighted by molar-refractivity contribution is -0.122. The number of carbonyl (C=O) groups excluding carboxylic acids is 1. The van der Waals surface area contributed by atoms with Crippen molar-refractivity contribution in [3.8, 4) is 5.69 Å². The van der Waals surface area contributed by atoms with Crippen molar-refractivity contribution in [2.24, 2.45) is 0 Å². The molecular formula is C19H18F4N4O. The van der Waals surface area contributed by atoms with Gasteiger partial charge in [-0.25, -0.2) is 17.6 Å². The molecular weight excluding hydrogens is 376 g/mol. The number of alkyl halides is 4. The quantitative estimate of drug-likeness (QED) is 0.603. The molecule has 1 aromatic carbocycles. The maximum absolute atomic E-state index is 13.0. The van der Waals surface area contributed by atoms with Crippen molar-refractivity contribution in [2.45, 2.75) is 32.4 Å². The van der Waals surface area contributed by atoms with Gasteiger partial charge in [0.05, 0.1) is 6.04 Å². The molecule has 1 unspecified atom stereocenters. The molecule has 1 N–H and O–H groups in total. The molecule has 1 atom stereocenters. The number of nitrogens with one attached hydrogen (secondary N) is 1. The SMILES string of the molecule is CC(NC(=O)Cn1nc(C(F)F)cc1C(F)F)c1ccc(-n2cccc2)cc1. The molecule has 3 rings (SSSR count). The predicted octanol–water partition coefficient (Wildman–Crippen LogP) is 4.43. The lowest BCUT2D eigenvalue weighted by Crippen LogP contribution is -2.31. The number of benzene rings is 1. The maximum Gasteiger partial charge on any atom is 0.282 e. The highest BCUT2D eigenvalue weighted by atomic mass is 19.3. The molecule has 0 aliphatic rings. The molecule has 28 heavy (non-hydrogen) atoms. The van der Waals surface area contributed by atoms with Crippen LogP contribution in [0.5, 0.6) is 0 Å². The Kier molecular flexibility index (Phi) is 5.81. The highest BCUT2D eigenvalue weighted by Crippen LogP contribution is 2.25. The van der Waals surface area contributed by atoms with Crippen molar-refractivity contribution in [1.82, 2.24) is 19.7 Å². The number of rotatable bonds is 7. The van der Waals surface area contributed by atoms with Crippen molar-refractivity contribution in [2.75, 3.05) is 0 Å². The minimum Gasteiger partial charge on any atom is -0.348 e. The van der Waals surface area contributed by atoms with Crippen LogP contribution in [0.2, 0.25) is 0 Å². The third-order valence-electron chi connectivity index (χ3n) is 4.24. The summed E-state index contributed by atoms with van der Waals surface area (Å²) >= 11 is 0. The van der Waals surface area contributed by atoms with Crippen LogP contribution in [-0.4, -0.2) is 20.3 Å². The summed E-state index contributed by atoms with van der Waals surface area (Å²) in [7, 11) is 0. The molecule has 5 nitrogen and oxygen atoms in total. The predicted molar refractivity (Wildman–Crippen MR) is 94.5 cm³/mol. The maximum atomic E-state index is 13.0. The fraction of sp³-hybridized carbons (Fsp3) is 0.263. The van der Waals surface area contributed by atoms with Crippen LogP contribution in [0.15, 0.2) is 54.9 Å². The van der Waals surface area contributed by atoms with Gasteiger partial charge in [0.2, 0.25) is 5.91 Å². The zero-order valence-electron chi connectivity index (χ0n) is 14.9. The lowest BCUT2D eigenvalue weighted by Gasteiger charge is -2.16. The zero-order chi connectivity index (χ0) is 20.3. The van der Waals surface area contributed by atoms with Crippen molar-refractivity contribution in [1.29, 1.82) is 0 Å². The Labute approximate surface area is 158 Å². The monoisotopic (exact) mass is 394 g/mol. The summed E-state index contributed by atoms with van der Waals surface area (Å²) in [6, 6.07) is 11.5. The minimum atomic E-state index is -3.01. The largest absolute Gasteiger partial charge is 0.348 e. The van der Waals surface area contributed by atoms with Crippen LogP contribution in [0.3, 0.4) is 0 Å². The number of hydrogen-bond acceptors (Lipinski definition) is 2. The molecule has 1 amide bonds. The van der Waals surface area contributed by atoms with Crippen molar-refractivity contribution in [3.05, 3.63) is 71.8 Å². The van der Waals surface area contributed by atoms with Gasteiger partial charge in [-0.15, -0.1) is 0 Å². The topological polar surface area (TPSA) is 51.9 Å². The number of halogens is 4. The highest BCUT2D eigenvalue weighted by molar-refractivity contribution is 5.76. The molecule has 0 saturated heterocycles. The van der Waals surface area contributed by atoms with Gasteiger partial charge in [0.25, 0.3) is 12.9 Å². The fourth-order valence-electron chi connectivity index (χ4n) is 2.81. The first-order valence-electron chi connectivity index (χ1n) is 8.51. The summed E-state index contributed by atoms with van der Waals surface area (Å²) < 4.78 is 53.9. The standard InChI is InChI=1S/C19H18F4N4O/c1-12(13-4-6-14(7-5-13)26-8-2-3-9-26)24-17(28)11-27-16(19(22)23)10-15(25-27)18(20)21/h2-10,12,18-19H,11H2,1H3,(H,24,28). The lowest BCUT2D eigenvalue weighted by atomic mass is 10.1. The van der Waals surface area contributed by atoms with Gasteiger partial charge in [-0.3, -0.25) is 9.48 Å². The summed E-state index contributed by atoms with van der Waals surface area (Å²) in [5, 5.41) is 6.08. The fourth-order valence-corrected chi connectivity index (χ4v) is 2.81. The van der Waals surface area contributed by atoms with Crippen LogP contribution < -0.4 is 5.32 Å². The second kappa shape index (κ2) is 8.28. The normalized spacial score (nSPS) is 12.5. The summed E-state index contributed by atoms with van der Waals surface area (Å²) in [5.74, 6) is -0.604. The van der Waals surface area contributed by atoms with Gasteiger partial charge in [-0.1, -0.05) is 12.1 Å². The van der Waals surface area contributed by atoms with E-state index in [9.17, 15) is 22.4 Å².